The molecule has 0 aromatic heterocycles. The van der Waals surface area contributed by atoms with Crippen LogP contribution in [-0.4, -0.2) is 61.6 Å². The van der Waals surface area contributed by atoms with E-state index in [1.54, 1.807) is 14.2 Å². The van der Waals surface area contributed by atoms with Gasteiger partial charge in [0, 0.05) is 43.5 Å². The zero-order valence-electron chi connectivity index (χ0n) is 20.0. The fraction of sp³-hybridized carbons (Fsp3) is 0.259. The van der Waals surface area contributed by atoms with Gasteiger partial charge in [-0.25, -0.2) is 9.79 Å². The molecule has 3 aromatic carbocycles. The van der Waals surface area contributed by atoms with Gasteiger partial charge in [0.1, 0.15) is 28.8 Å². The number of hydrogen-bond acceptors (Lipinski definition) is 6. The summed E-state index contributed by atoms with van der Waals surface area (Å²) in [7, 11) is 3.25. The van der Waals surface area contributed by atoms with Gasteiger partial charge >= 0.3 is 6.03 Å². The highest BCUT2D eigenvalue weighted by atomic mass is 16.5. The van der Waals surface area contributed by atoms with Crippen LogP contribution >= 0.6 is 0 Å². The smallest absolute Gasteiger partial charge is 0.322 e. The van der Waals surface area contributed by atoms with Crippen LogP contribution in [0, 0.1) is 0 Å². The number of methoxy groups -OCH3 is 2. The first kappa shape index (κ1) is 22.6. The normalized spacial score (nSPS) is 16.8. The lowest BCUT2D eigenvalue weighted by Gasteiger charge is -2.41. The summed E-state index contributed by atoms with van der Waals surface area (Å²) < 4.78 is 16.9. The zero-order chi connectivity index (χ0) is 24.4. The number of urea groups is 1. The number of ether oxygens (including phenoxy) is 3. The number of rotatable bonds is 3. The minimum absolute atomic E-state index is 0.0295. The zero-order valence-corrected chi connectivity index (χ0v) is 20.0. The van der Waals surface area contributed by atoms with Gasteiger partial charge in [-0.1, -0.05) is 18.2 Å². The summed E-state index contributed by atoms with van der Waals surface area (Å²) in [5, 5.41) is 2.99. The highest BCUT2D eigenvalue weighted by molar-refractivity contribution is 6.04. The maximum Gasteiger partial charge on any atom is 0.322 e. The Morgan fingerprint density at radius 1 is 0.971 bits per heavy atom. The summed E-state index contributed by atoms with van der Waals surface area (Å²) in [6, 6.07) is 20.7. The third kappa shape index (κ3) is 4.59. The van der Waals surface area contributed by atoms with Gasteiger partial charge in [0.25, 0.3) is 0 Å². The third-order valence-corrected chi connectivity index (χ3v) is 6.25. The van der Waals surface area contributed by atoms with Crippen molar-refractivity contribution in [2.45, 2.75) is 13.0 Å². The molecular formula is C27H28N4O4. The third-order valence-electron chi connectivity index (χ3n) is 6.25. The van der Waals surface area contributed by atoms with Gasteiger partial charge in [-0.05, 0) is 43.3 Å². The predicted octanol–water partition coefficient (Wildman–Crippen LogP) is 5.13. The van der Waals surface area contributed by atoms with Crippen molar-refractivity contribution in [2.75, 3.05) is 39.2 Å². The number of carbonyl (C=O) groups is 1. The van der Waals surface area contributed by atoms with Crippen molar-refractivity contribution in [1.29, 1.82) is 0 Å². The topological polar surface area (TPSA) is 75.6 Å². The standard InChI is InChI=1S/C27H28N4O4/c1-18-17-30(13-14-31(18)27(32)28-19-7-6-8-20(15-19)33-2)26-22-12-11-21(34-3)16-25(22)35-24-10-5-4-9-23(24)29-26/h4-12,15-16,18H,13-14,17H2,1-3H3,(H,28,32). The molecule has 3 aromatic rings. The molecule has 1 atom stereocenters. The average molecular weight is 473 g/mol. The summed E-state index contributed by atoms with van der Waals surface area (Å²) in [5.74, 6) is 3.63. The Labute approximate surface area is 204 Å². The van der Waals surface area contributed by atoms with E-state index in [1.165, 1.54) is 0 Å². The molecule has 5 rings (SSSR count). The van der Waals surface area contributed by atoms with E-state index in [1.807, 2.05) is 78.6 Å². The van der Waals surface area contributed by atoms with Crippen LogP contribution in [-0.2, 0) is 0 Å². The highest BCUT2D eigenvalue weighted by Gasteiger charge is 2.31. The van der Waals surface area contributed by atoms with E-state index in [2.05, 4.69) is 10.2 Å². The second-order valence-electron chi connectivity index (χ2n) is 8.52. The first-order valence-corrected chi connectivity index (χ1v) is 11.6. The molecule has 1 saturated heterocycles. The minimum Gasteiger partial charge on any atom is -0.497 e. The van der Waals surface area contributed by atoms with Crippen molar-refractivity contribution in [1.82, 2.24) is 9.80 Å². The molecule has 0 spiro atoms. The van der Waals surface area contributed by atoms with Crippen LogP contribution in [0.5, 0.6) is 23.0 Å². The first-order chi connectivity index (χ1) is 17.1. The predicted molar refractivity (Wildman–Crippen MR) is 135 cm³/mol. The maximum atomic E-state index is 13.0. The van der Waals surface area contributed by atoms with Crippen LogP contribution < -0.4 is 19.5 Å². The molecule has 35 heavy (non-hydrogen) atoms. The summed E-state index contributed by atoms with van der Waals surface area (Å²) >= 11 is 0. The van der Waals surface area contributed by atoms with Gasteiger partial charge in [0.15, 0.2) is 5.75 Å². The number of nitrogens with zero attached hydrogens (tertiary/aromatic N) is 3. The molecule has 2 aliphatic heterocycles. The number of nitrogens with one attached hydrogen (secondary N) is 1. The van der Waals surface area contributed by atoms with Crippen molar-refractivity contribution in [3.63, 3.8) is 0 Å². The van der Waals surface area contributed by atoms with Crippen LogP contribution in [0.1, 0.15) is 12.5 Å². The summed E-state index contributed by atoms with van der Waals surface area (Å²) in [6.07, 6.45) is 0. The molecular weight excluding hydrogens is 444 g/mol. The van der Waals surface area contributed by atoms with E-state index in [0.29, 0.717) is 42.6 Å². The summed E-state index contributed by atoms with van der Waals surface area (Å²) in [5.41, 5.74) is 2.36. The van der Waals surface area contributed by atoms with Gasteiger partial charge in [0.05, 0.1) is 19.8 Å². The first-order valence-electron chi connectivity index (χ1n) is 11.6. The number of anilines is 1. The van der Waals surface area contributed by atoms with Crippen LogP contribution in [0.15, 0.2) is 71.7 Å². The van der Waals surface area contributed by atoms with E-state index in [0.717, 1.165) is 22.8 Å². The number of amides is 2. The van der Waals surface area contributed by atoms with Gasteiger partial charge in [0.2, 0.25) is 0 Å². The van der Waals surface area contributed by atoms with Gasteiger partial charge in [-0.15, -0.1) is 0 Å². The molecule has 1 fully saturated rings. The summed E-state index contributed by atoms with van der Waals surface area (Å²) in [4.78, 5) is 22.1. The van der Waals surface area contributed by atoms with E-state index in [9.17, 15) is 4.79 Å². The minimum atomic E-state index is -0.132. The van der Waals surface area contributed by atoms with Crippen LogP contribution in [0.25, 0.3) is 0 Å². The van der Waals surface area contributed by atoms with Crippen LogP contribution in [0.2, 0.25) is 0 Å². The lowest BCUT2D eigenvalue weighted by molar-refractivity contribution is 0.145. The SMILES string of the molecule is COc1cccc(NC(=O)N2CCN(C3=Nc4ccccc4Oc4cc(OC)ccc43)CC2C)c1. The number of piperazine rings is 1. The summed E-state index contributed by atoms with van der Waals surface area (Å²) in [6.45, 7) is 3.89. The highest BCUT2D eigenvalue weighted by Crippen LogP contribution is 2.39. The van der Waals surface area contributed by atoms with Crippen LogP contribution in [0.4, 0.5) is 16.2 Å². The average Bonchev–Trinajstić information content (AvgIpc) is 3.04. The number of benzene rings is 3. The molecule has 1 N–H and O–H groups in total. The number of aliphatic imine (C=N–C) groups is 1. The molecule has 1 unspecified atom stereocenters. The van der Waals surface area contributed by atoms with Crippen molar-refractivity contribution in [3.8, 4) is 23.0 Å². The Bertz CT molecular complexity index is 1280. The number of amidine groups is 1. The fourth-order valence-electron chi connectivity index (χ4n) is 4.42. The quantitative estimate of drug-likeness (QED) is 0.572. The molecule has 0 bridgehead atoms. The second kappa shape index (κ2) is 9.58. The second-order valence-corrected chi connectivity index (χ2v) is 8.52. The van der Waals surface area contributed by atoms with Gasteiger partial charge in [-0.2, -0.15) is 0 Å². The largest absolute Gasteiger partial charge is 0.497 e. The van der Waals surface area contributed by atoms with E-state index in [-0.39, 0.29) is 12.1 Å². The molecule has 8 nitrogen and oxygen atoms in total. The van der Waals surface area contributed by atoms with Crippen molar-refractivity contribution in [3.05, 3.63) is 72.3 Å². The fourth-order valence-corrected chi connectivity index (χ4v) is 4.42. The number of para-hydroxylation sites is 2. The molecule has 0 radical (unpaired) electrons. The molecule has 8 heteroatoms. The van der Waals surface area contributed by atoms with E-state index >= 15 is 0 Å². The monoisotopic (exact) mass is 472 g/mol. The number of carbonyl (C=O) groups excluding carboxylic acids is 1. The van der Waals surface area contributed by atoms with Gasteiger partial charge in [-0.3, -0.25) is 0 Å². The van der Waals surface area contributed by atoms with Crippen LogP contribution in [0.3, 0.4) is 0 Å². The molecule has 0 aliphatic carbocycles. The maximum absolute atomic E-state index is 13.0. The molecule has 2 aliphatic rings. The van der Waals surface area contributed by atoms with Gasteiger partial charge < -0.3 is 29.3 Å². The Morgan fingerprint density at radius 3 is 2.57 bits per heavy atom. The molecule has 180 valence electrons. The number of fused-ring (bicyclic) bond motifs is 2. The van der Waals surface area contributed by atoms with E-state index < -0.39 is 0 Å². The van der Waals surface area contributed by atoms with E-state index in [4.69, 9.17) is 19.2 Å². The molecule has 2 heterocycles. The lowest BCUT2D eigenvalue weighted by Crippen LogP contribution is -2.56. The Hall–Kier alpha value is -4.20. The molecule has 2 amide bonds. The Morgan fingerprint density at radius 2 is 1.77 bits per heavy atom. The van der Waals surface area contributed by atoms with Crippen molar-refractivity contribution < 1.29 is 19.0 Å². The number of hydrogen-bond donors (Lipinski definition) is 1. The van der Waals surface area contributed by atoms with Crippen molar-refractivity contribution >= 4 is 23.2 Å². The van der Waals surface area contributed by atoms with Crippen molar-refractivity contribution in [2.24, 2.45) is 4.99 Å². The lowest BCUT2D eigenvalue weighted by atomic mass is 10.1. The Kier molecular flexibility index (Phi) is 6.18. The Balaban J connectivity index is 1.38. The molecule has 0 saturated carbocycles.